The van der Waals surface area contributed by atoms with E-state index in [9.17, 15) is 5.11 Å². The van der Waals surface area contributed by atoms with Crippen LogP contribution in [0.2, 0.25) is 0 Å². The number of aliphatic hydroxyl groups is 1. The summed E-state index contributed by atoms with van der Waals surface area (Å²) in [6.07, 6.45) is 3.43. The molecule has 1 aliphatic heterocycles. The summed E-state index contributed by atoms with van der Waals surface area (Å²) in [5.74, 6) is 0.715. The van der Waals surface area contributed by atoms with Gasteiger partial charge < -0.3 is 14.7 Å². The molecule has 0 aromatic heterocycles. The van der Waals surface area contributed by atoms with E-state index in [1.54, 1.807) is 0 Å². The first-order chi connectivity index (χ1) is 12.4. The zero-order valence-electron chi connectivity index (χ0n) is 16.7. The van der Waals surface area contributed by atoms with E-state index in [4.69, 9.17) is 4.74 Å². The minimum atomic E-state index is -0.390. The summed E-state index contributed by atoms with van der Waals surface area (Å²) in [5.41, 5.74) is 1.66. The Labute approximate surface area is 159 Å². The molecule has 0 radical (unpaired) electrons. The number of rotatable bonds is 6. The second kappa shape index (κ2) is 8.73. The molecule has 3 atom stereocenters. The van der Waals surface area contributed by atoms with Gasteiger partial charge in [-0.05, 0) is 42.7 Å². The van der Waals surface area contributed by atoms with Crippen LogP contribution in [0.15, 0.2) is 30.3 Å². The number of anilines is 1. The molecule has 1 aliphatic carbocycles. The average molecular weight is 361 g/mol. The van der Waals surface area contributed by atoms with Crippen molar-refractivity contribution in [3.63, 3.8) is 0 Å². The van der Waals surface area contributed by atoms with Gasteiger partial charge in [0.1, 0.15) is 0 Å². The summed E-state index contributed by atoms with van der Waals surface area (Å²) in [6, 6.07) is 10.6. The fourth-order valence-corrected chi connectivity index (χ4v) is 4.81. The van der Waals surface area contributed by atoms with Gasteiger partial charge in [0.2, 0.25) is 0 Å². The third-order valence-electron chi connectivity index (χ3n) is 5.83. The fourth-order valence-electron chi connectivity index (χ4n) is 4.81. The van der Waals surface area contributed by atoms with Gasteiger partial charge in [-0.2, -0.15) is 0 Å². The molecule has 1 saturated carbocycles. The molecule has 1 saturated heterocycles. The quantitative estimate of drug-likeness (QED) is 0.843. The lowest BCUT2D eigenvalue weighted by molar-refractivity contribution is -0.0615. The Morgan fingerprint density at radius 2 is 1.81 bits per heavy atom. The standard InChI is InChI=1S/C22H36N2O2/c1-18-13-21(15-22(2,3)14-18)26-17-20(25)16-23-9-11-24(12-10-23)19-7-5-4-6-8-19/h4-8,18,20-21,25H,9-17H2,1-3H3/t18-,20+,21-/m0/s1. The second-order valence-corrected chi connectivity index (χ2v) is 9.15. The largest absolute Gasteiger partial charge is 0.389 e. The molecule has 0 amide bonds. The Hall–Kier alpha value is -1.10. The summed E-state index contributed by atoms with van der Waals surface area (Å²) in [5, 5.41) is 10.4. The topological polar surface area (TPSA) is 35.9 Å². The van der Waals surface area contributed by atoms with Crippen LogP contribution in [0, 0.1) is 11.3 Å². The van der Waals surface area contributed by atoms with Gasteiger partial charge in [0.15, 0.2) is 0 Å². The molecule has 0 unspecified atom stereocenters. The van der Waals surface area contributed by atoms with Crippen molar-refractivity contribution in [3.8, 4) is 0 Å². The maximum absolute atomic E-state index is 10.4. The minimum absolute atomic E-state index is 0.304. The van der Waals surface area contributed by atoms with Crippen molar-refractivity contribution in [1.82, 2.24) is 4.90 Å². The van der Waals surface area contributed by atoms with Gasteiger partial charge in [-0.1, -0.05) is 39.0 Å². The lowest BCUT2D eigenvalue weighted by atomic mass is 9.71. The summed E-state index contributed by atoms with van der Waals surface area (Å²) < 4.78 is 6.10. The second-order valence-electron chi connectivity index (χ2n) is 9.15. The minimum Gasteiger partial charge on any atom is -0.389 e. The highest BCUT2D eigenvalue weighted by molar-refractivity contribution is 5.46. The van der Waals surface area contributed by atoms with E-state index in [-0.39, 0.29) is 0 Å². The molecule has 0 bridgehead atoms. The highest BCUT2D eigenvalue weighted by Crippen LogP contribution is 2.39. The molecule has 1 N–H and O–H groups in total. The van der Waals surface area contributed by atoms with E-state index in [2.05, 4.69) is 60.9 Å². The zero-order valence-corrected chi connectivity index (χ0v) is 16.7. The van der Waals surface area contributed by atoms with Crippen LogP contribution < -0.4 is 4.90 Å². The summed E-state index contributed by atoms with van der Waals surface area (Å²) in [6.45, 7) is 12.2. The number of nitrogens with zero attached hydrogens (tertiary/aromatic N) is 2. The van der Waals surface area contributed by atoms with Crippen molar-refractivity contribution in [3.05, 3.63) is 30.3 Å². The number of benzene rings is 1. The predicted molar refractivity (Wildman–Crippen MR) is 108 cm³/mol. The van der Waals surface area contributed by atoms with Crippen LogP contribution in [0.4, 0.5) is 5.69 Å². The Balaban J connectivity index is 1.37. The molecule has 0 spiro atoms. The molecule has 3 rings (SSSR count). The van der Waals surface area contributed by atoms with Crippen molar-refractivity contribution < 1.29 is 9.84 Å². The maximum Gasteiger partial charge on any atom is 0.0900 e. The molecule has 1 heterocycles. The van der Waals surface area contributed by atoms with Gasteiger partial charge >= 0.3 is 0 Å². The molecule has 1 aromatic rings. The number of ether oxygens (including phenoxy) is 1. The SMILES string of the molecule is C[C@H]1C[C@H](OC[C@H](O)CN2CCN(c3ccccc3)CC2)CC(C)(C)C1. The van der Waals surface area contributed by atoms with Gasteiger partial charge in [-0.25, -0.2) is 0 Å². The predicted octanol–water partition coefficient (Wildman–Crippen LogP) is 3.40. The first kappa shape index (κ1) is 19.7. The van der Waals surface area contributed by atoms with Crippen LogP contribution in [0.3, 0.4) is 0 Å². The van der Waals surface area contributed by atoms with Crippen molar-refractivity contribution in [1.29, 1.82) is 0 Å². The fraction of sp³-hybridized carbons (Fsp3) is 0.727. The van der Waals surface area contributed by atoms with E-state index < -0.39 is 6.10 Å². The number of hydrogen-bond donors (Lipinski definition) is 1. The number of β-amino-alcohol motifs (C(OH)–C–C–N with tert-alkyl or cyclic N) is 1. The van der Waals surface area contributed by atoms with Crippen molar-refractivity contribution in [2.75, 3.05) is 44.2 Å². The van der Waals surface area contributed by atoms with Gasteiger partial charge in [0.25, 0.3) is 0 Å². The van der Waals surface area contributed by atoms with Gasteiger partial charge in [0.05, 0.1) is 18.8 Å². The molecule has 1 aromatic carbocycles. The molecule has 26 heavy (non-hydrogen) atoms. The number of aliphatic hydroxyl groups excluding tert-OH is 1. The van der Waals surface area contributed by atoms with Gasteiger partial charge in [-0.15, -0.1) is 0 Å². The number of piperazine rings is 1. The van der Waals surface area contributed by atoms with Crippen LogP contribution in [-0.2, 0) is 4.74 Å². The van der Waals surface area contributed by atoms with E-state index in [1.165, 1.54) is 12.1 Å². The number of hydrogen-bond acceptors (Lipinski definition) is 4. The van der Waals surface area contributed by atoms with Crippen LogP contribution in [0.5, 0.6) is 0 Å². The molecule has 2 aliphatic rings. The van der Waals surface area contributed by atoms with Crippen LogP contribution in [0.25, 0.3) is 0 Å². The van der Waals surface area contributed by atoms with Crippen LogP contribution in [-0.4, -0.2) is 61.5 Å². The molecule has 2 fully saturated rings. The van der Waals surface area contributed by atoms with E-state index >= 15 is 0 Å². The van der Waals surface area contributed by atoms with Gasteiger partial charge in [-0.3, -0.25) is 4.90 Å². The van der Waals surface area contributed by atoms with Crippen LogP contribution >= 0.6 is 0 Å². The summed E-state index contributed by atoms with van der Waals surface area (Å²) in [4.78, 5) is 4.78. The normalized spacial score (nSPS) is 28.1. The summed E-state index contributed by atoms with van der Waals surface area (Å²) in [7, 11) is 0. The Morgan fingerprint density at radius 3 is 2.46 bits per heavy atom. The van der Waals surface area contributed by atoms with E-state index in [0.717, 1.165) is 39.0 Å². The first-order valence-electron chi connectivity index (χ1n) is 10.2. The van der Waals surface area contributed by atoms with E-state index in [1.807, 2.05) is 0 Å². The summed E-state index contributed by atoms with van der Waals surface area (Å²) >= 11 is 0. The first-order valence-corrected chi connectivity index (χ1v) is 10.2. The third-order valence-corrected chi connectivity index (χ3v) is 5.83. The zero-order chi connectivity index (χ0) is 18.6. The van der Waals surface area contributed by atoms with Gasteiger partial charge in [0, 0.05) is 38.4 Å². The highest BCUT2D eigenvalue weighted by Gasteiger charge is 2.32. The Bertz CT molecular complexity index is 540. The third kappa shape index (κ3) is 5.70. The van der Waals surface area contributed by atoms with Crippen molar-refractivity contribution in [2.24, 2.45) is 11.3 Å². The Kier molecular flexibility index (Phi) is 6.60. The smallest absolute Gasteiger partial charge is 0.0900 e. The Morgan fingerprint density at radius 1 is 1.12 bits per heavy atom. The molecular weight excluding hydrogens is 324 g/mol. The van der Waals surface area contributed by atoms with E-state index in [0.29, 0.717) is 30.6 Å². The van der Waals surface area contributed by atoms with Crippen molar-refractivity contribution >= 4 is 5.69 Å². The highest BCUT2D eigenvalue weighted by atomic mass is 16.5. The average Bonchev–Trinajstić information content (AvgIpc) is 2.60. The molecular formula is C22H36N2O2. The molecule has 4 heteroatoms. The lowest BCUT2D eigenvalue weighted by Crippen LogP contribution is -2.49. The molecule has 146 valence electrons. The number of para-hydroxylation sites is 1. The molecule has 4 nitrogen and oxygen atoms in total. The van der Waals surface area contributed by atoms with Crippen molar-refractivity contribution in [2.45, 2.75) is 52.2 Å². The van der Waals surface area contributed by atoms with Crippen LogP contribution in [0.1, 0.15) is 40.0 Å². The maximum atomic E-state index is 10.4. The monoisotopic (exact) mass is 360 g/mol. The lowest BCUT2D eigenvalue weighted by Gasteiger charge is -2.39.